The zero-order valence-corrected chi connectivity index (χ0v) is 20.6. The summed E-state index contributed by atoms with van der Waals surface area (Å²) in [4.78, 5) is 41.2. The van der Waals surface area contributed by atoms with Crippen LogP contribution in [0.2, 0.25) is 5.02 Å². The third-order valence-corrected chi connectivity index (χ3v) is 6.23. The molecule has 0 atom stereocenters. The van der Waals surface area contributed by atoms with Gasteiger partial charge in [-0.1, -0.05) is 36.7 Å². The van der Waals surface area contributed by atoms with Crippen LogP contribution in [-0.4, -0.2) is 33.4 Å². The number of carbonyl (C=O) groups excluding carboxylic acids is 1. The molecule has 2 aromatic heterocycles. The molecule has 0 fully saturated rings. The van der Waals surface area contributed by atoms with Crippen molar-refractivity contribution in [3.63, 3.8) is 0 Å². The Labute approximate surface area is 215 Å². The fourth-order valence-electron chi connectivity index (χ4n) is 2.94. The number of hydrogen-bond acceptors (Lipinski definition) is 8. The number of unbranched alkanes of at least 4 members (excludes halogenated alkanes) is 1. The van der Waals surface area contributed by atoms with Gasteiger partial charge in [0.1, 0.15) is 5.82 Å². The average molecular weight is 563 g/mol. The lowest BCUT2D eigenvalue weighted by molar-refractivity contribution is -0.146. The van der Waals surface area contributed by atoms with Crippen LogP contribution in [0.1, 0.15) is 25.5 Å². The lowest BCUT2D eigenvalue weighted by Gasteiger charge is -2.15. The first-order valence-electron chi connectivity index (χ1n) is 10.6. The molecule has 198 valence electrons. The highest BCUT2D eigenvalue weighted by atomic mass is 35.5. The van der Waals surface area contributed by atoms with Crippen LogP contribution in [0.4, 0.5) is 17.6 Å². The van der Waals surface area contributed by atoms with Gasteiger partial charge in [-0.3, -0.25) is 4.79 Å². The molecule has 0 radical (unpaired) electrons. The molecule has 0 bridgehead atoms. The molecule has 9 nitrogen and oxygen atoms in total. The summed E-state index contributed by atoms with van der Waals surface area (Å²) in [5.41, 5.74) is -5.46. The van der Waals surface area contributed by atoms with Crippen molar-refractivity contribution < 1.29 is 31.8 Å². The van der Waals surface area contributed by atoms with Gasteiger partial charge in [0.2, 0.25) is 5.88 Å². The Bertz CT molecular complexity index is 1430. The Balaban J connectivity index is 1.96. The minimum Gasteiger partial charge on any atom is -0.465 e. The van der Waals surface area contributed by atoms with E-state index in [0.717, 1.165) is 30.3 Å². The molecule has 0 spiro atoms. The molecule has 0 aliphatic carbocycles. The van der Waals surface area contributed by atoms with Gasteiger partial charge in [0.05, 0.1) is 22.2 Å². The second kappa shape index (κ2) is 11.7. The monoisotopic (exact) mass is 562 g/mol. The molecule has 2 N–H and O–H groups in total. The van der Waals surface area contributed by atoms with E-state index in [-0.39, 0.29) is 37.7 Å². The Hall–Kier alpha value is -3.52. The molecule has 0 saturated carbocycles. The number of pyridine rings is 1. The molecular weight excluding hydrogens is 544 g/mol. The number of hydrogen-bond donors (Lipinski definition) is 1. The first-order valence-corrected chi connectivity index (χ1v) is 11.8. The molecule has 37 heavy (non-hydrogen) atoms. The van der Waals surface area contributed by atoms with Gasteiger partial charge >= 0.3 is 17.8 Å². The maximum Gasteiger partial charge on any atom is 0.433 e. The lowest BCUT2D eigenvalue weighted by atomic mass is 10.3. The number of esters is 1. The van der Waals surface area contributed by atoms with Gasteiger partial charge in [-0.25, -0.2) is 28.2 Å². The van der Waals surface area contributed by atoms with Crippen molar-refractivity contribution in [2.24, 2.45) is 0 Å². The van der Waals surface area contributed by atoms with Gasteiger partial charge in [-0.05, 0) is 30.7 Å². The number of ether oxygens (including phenoxy) is 2. The first-order chi connectivity index (χ1) is 17.4. The Kier molecular flexibility index (Phi) is 8.86. The predicted molar refractivity (Wildman–Crippen MR) is 126 cm³/mol. The maximum absolute atomic E-state index is 14.7. The number of carbonyl (C=O) groups is 1. The first kappa shape index (κ1) is 28.1. The summed E-state index contributed by atoms with van der Waals surface area (Å²) >= 11 is 7.03. The van der Waals surface area contributed by atoms with Crippen LogP contribution in [0.5, 0.6) is 5.88 Å². The van der Waals surface area contributed by atoms with Gasteiger partial charge in [0.25, 0.3) is 5.56 Å². The largest absolute Gasteiger partial charge is 0.465 e. The maximum atomic E-state index is 14.7. The van der Waals surface area contributed by atoms with Crippen LogP contribution in [0.3, 0.4) is 0 Å². The van der Waals surface area contributed by atoms with Gasteiger partial charge in [0, 0.05) is 17.2 Å². The van der Waals surface area contributed by atoms with Crippen molar-refractivity contribution in [3.8, 4) is 11.6 Å². The quantitative estimate of drug-likeness (QED) is 0.181. The van der Waals surface area contributed by atoms with Gasteiger partial charge in [0.15, 0.2) is 12.3 Å². The van der Waals surface area contributed by atoms with Crippen LogP contribution in [0, 0.1) is 5.82 Å². The molecule has 15 heteroatoms. The second-order valence-corrected chi connectivity index (χ2v) is 8.85. The summed E-state index contributed by atoms with van der Waals surface area (Å²) in [6.07, 6.45) is -2.16. The molecular formula is C22H19ClF4N4O5S. The van der Waals surface area contributed by atoms with Crippen molar-refractivity contribution >= 4 is 29.3 Å². The lowest BCUT2D eigenvalue weighted by Crippen LogP contribution is -2.45. The highest BCUT2D eigenvalue weighted by molar-refractivity contribution is 7.99. The molecule has 3 rings (SSSR count). The number of nitrogens with zero attached hydrogens (tertiary/aromatic N) is 3. The summed E-state index contributed by atoms with van der Waals surface area (Å²) < 4.78 is 64.3. The third kappa shape index (κ3) is 6.63. The fraction of sp³-hybridized carbons (Fsp3) is 0.273. The SMILES string of the molecule is CCCCOC(=O)COc1ncccc1Sc1cc(-n2c(=O)cc(C(F)(F)F)n(N)c2=O)c(F)cc1Cl. The number of nitrogens with two attached hydrogens (primary N) is 1. The Morgan fingerprint density at radius 3 is 2.62 bits per heavy atom. The third-order valence-electron chi connectivity index (χ3n) is 4.71. The average Bonchev–Trinajstić information content (AvgIpc) is 2.83. The molecule has 0 amide bonds. The molecule has 0 unspecified atom stereocenters. The van der Waals surface area contributed by atoms with Crippen molar-refractivity contribution in [3.05, 3.63) is 73.9 Å². The number of benzene rings is 1. The van der Waals surface area contributed by atoms with Crippen LogP contribution >= 0.6 is 23.4 Å². The Morgan fingerprint density at radius 1 is 1.22 bits per heavy atom. The summed E-state index contributed by atoms with van der Waals surface area (Å²) in [7, 11) is 0. The molecule has 0 aliphatic rings. The van der Waals surface area contributed by atoms with E-state index in [4.69, 9.17) is 26.9 Å². The topological polar surface area (TPSA) is 118 Å². The fourth-order valence-corrected chi connectivity index (χ4v) is 4.12. The summed E-state index contributed by atoms with van der Waals surface area (Å²) in [5, 5.41) is -0.145. The second-order valence-electron chi connectivity index (χ2n) is 7.36. The molecule has 0 aliphatic heterocycles. The van der Waals surface area contributed by atoms with E-state index in [0.29, 0.717) is 11.3 Å². The number of aromatic nitrogens is 3. The molecule has 3 aromatic rings. The minimum absolute atomic E-state index is 0.0119. The van der Waals surface area contributed by atoms with Crippen LogP contribution < -0.4 is 21.8 Å². The van der Waals surface area contributed by atoms with Gasteiger partial charge < -0.3 is 15.3 Å². The minimum atomic E-state index is -5.09. The van der Waals surface area contributed by atoms with Crippen molar-refractivity contribution in [1.29, 1.82) is 0 Å². The highest BCUT2D eigenvalue weighted by Crippen LogP contribution is 2.39. The summed E-state index contributed by atoms with van der Waals surface area (Å²) in [6.45, 7) is 1.74. The van der Waals surface area contributed by atoms with E-state index < -0.39 is 47.2 Å². The number of alkyl halides is 3. The van der Waals surface area contributed by atoms with E-state index in [1.54, 1.807) is 12.1 Å². The number of halogens is 5. The van der Waals surface area contributed by atoms with E-state index >= 15 is 0 Å². The van der Waals surface area contributed by atoms with Gasteiger partial charge in [-0.2, -0.15) is 13.2 Å². The molecule has 2 heterocycles. The smallest absolute Gasteiger partial charge is 0.433 e. The standard InChI is InChI=1S/C22H19ClF4N4O5S/c1-2-3-7-35-19(33)11-36-20-15(5-4-6-29-20)37-16-9-14(13(24)8-12(16)23)30-18(32)10-17(22(25,26)27)31(28)21(30)34/h4-6,8-10H,2-3,7,11,28H2,1H3. The summed E-state index contributed by atoms with van der Waals surface area (Å²) in [5.74, 6) is 3.48. The molecule has 0 saturated heterocycles. The summed E-state index contributed by atoms with van der Waals surface area (Å²) in [6, 6.07) is 4.95. The van der Waals surface area contributed by atoms with Crippen molar-refractivity contribution in [2.75, 3.05) is 19.1 Å². The van der Waals surface area contributed by atoms with Crippen LogP contribution in [0.15, 0.2) is 55.9 Å². The predicted octanol–water partition coefficient (Wildman–Crippen LogP) is 3.79. The molecule has 1 aromatic carbocycles. The van der Waals surface area contributed by atoms with E-state index in [1.807, 2.05) is 6.92 Å². The van der Waals surface area contributed by atoms with Crippen LogP contribution in [0.25, 0.3) is 5.69 Å². The van der Waals surface area contributed by atoms with Crippen molar-refractivity contribution in [1.82, 2.24) is 14.2 Å². The van der Waals surface area contributed by atoms with Gasteiger partial charge in [-0.15, -0.1) is 0 Å². The Morgan fingerprint density at radius 2 is 1.95 bits per heavy atom. The number of nitrogen functional groups attached to an aromatic ring is 1. The zero-order valence-electron chi connectivity index (χ0n) is 19.1. The number of rotatable bonds is 9. The van der Waals surface area contributed by atoms with Crippen molar-refractivity contribution in [2.45, 2.75) is 35.7 Å². The highest BCUT2D eigenvalue weighted by Gasteiger charge is 2.36. The van der Waals surface area contributed by atoms with Crippen LogP contribution in [-0.2, 0) is 15.7 Å². The zero-order chi connectivity index (χ0) is 27.3. The van der Waals surface area contributed by atoms with E-state index in [9.17, 15) is 31.9 Å². The van der Waals surface area contributed by atoms with E-state index in [1.165, 1.54) is 6.20 Å². The normalized spacial score (nSPS) is 11.4. The van der Waals surface area contributed by atoms with E-state index in [2.05, 4.69) is 4.98 Å².